The summed E-state index contributed by atoms with van der Waals surface area (Å²) in [6, 6.07) is -8.81. The molecule has 0 nitrogen and oxygen atoms in total. The van der Waals surface area contributed by atoms with Crippen LogP contribution in [0.5, 0.6) is 0 Å². The van der Waals surface area contributed by atoms with E-state index in [0.29, 0.717) is 0 Å². The Morgan fingerprint density at radius 1 is 0.310 bits per heavy atom. The van der Waals surface area contributed by atoms with Gasteiger partial charge in [0, 0.05) is 0 Å². The molecule has 0 fully saturated rings. The molecule has 0 aliphatic heterocycles. The molecular formula is C39H21BF30S. The van der Waals surface area contributed by atoms with Gasteiger partial charge in [0.1, 0.15) is 17.5 Å². The topological polar surface area (TPSA) is 0 Å². The molecule has 0 bridgehead atoms. The van der Waals surface area contributed by atoms with Crippen LogP contribution >= 0.6 is 0 Å². The number of hydrogen-bond acceptors (Lipinski definition) is 0. The molecule has 0 spiro atoms. The Labute approximate surface area is 379 Å². The van der Waals surface area contributed by atoms with Crippen molar-refractivity contribution in [2.24, 2.45) is 0 Å². The van der Waals surface area contributed by atoms with E-state index >= 15 is 0 Å². The summed E-state index contributed by atoms with van der Waals surface area (Å²) in [5.41, 5.74) is -32.6. The van der Waals surface area contributed by atoms with Crippen LogP contribution < -0.4 is 21.9 Å². The molecule has 4 aromatic rings. The molecule has 0 amide bonds. The second-order valence-electron chi connectivity index (χ2n) is 15.0. The van der Waals surface area contributed by atoms with Crippen LogP contribution in [-0.2, 0) is 60.3 Å². The highest BCUT2D eigenvalue weighted by atomic mass is 32.2. The van der Waals surface area contributed by atoms with Crippen LogP contribution in [0.15, 0.2) is 84.4 Å². The summed E-state index contributed by atoms with van der Waals surface area (Å²) in [6.45, 7) is 0. The van der Waals surface area contributed by atoms with E-state index in [1.54, 1.807) is 12.5 Å². The maximum Gasteiger partial charge on any atom is 0.421 e. The molecule has 0 radical (unpaired) electrons. The maximum absolute atomic E-state index is 14.2. The fourth-order valence-corrected chi connectivity index (χ4v) is 7.21. The Kier molecular flexibility index (Phi) is 16.5. The van der Waals surface area contributed by atoms with Crippen LogP contribution in [0.2, 0.25) is 0 Å². The van der Waals surface area contributed by atoms with E-state index in [9.17, 15) is 132 Å². The van der Waals surface area contributed by atoms with Crippen molar-refractivity contribution in [3.63, 3.8) is 0 Å². The Morgan fingerprint density at radius 2 is 0.465 bits per heavy atom. The predicted molar refractivity (Wildman–Crippen MR) is 194 cm³/mol. The van der Waals surface area contributed by atoms with E-state index in [-0.39, 0.29) is 11.8 Å². The van der Waals surface area contributed by atoms with Crippen molar-refractivity contribution in [3.8, 4) is 0 Å². The lowest BCUT2D eigenvalue weighted by Gasteiger charge is -2.46. The first-order valence-electron chi connectivity index (χ1n) is 18.1. The van der Waals surface area contributed by atoms with Gasteiger partial charge in [0.05, 0.1) is 57.0 Å². The molecule has 4 aromatic carbocycles. The van der Waals surface area contributed by atoms with E-state index < -0.39 is 224 Å². The summed E-state index contributed by atoms with van der Waals surface area (Å²) in [5, 5.41) is 0. The van der Waals surface area contributed by atoms with Crippen LogP contribution in [0.3, 0.4) is 0 Å². The number of allylic oxidation sites excluding steroid dienone is 1. The summed E-state index contributed by atoms with van der Waals surface area (Å²) < 4.78 is 412. The summed E-state index contributed by atoms with van der Waals surface area (Å²) in [4.78, 5) is 0. The van der Waals surface area contributed by atoms with Gasteiger partial charge in [-0.2, -0.15) is 154 Å². The van der Waals surface area contributed by atoms with Gasteiger partial charge in [-0.05, 0) is 41.2 Å². The number of halogens is 30. The van der Waals surface area contributed by atoms with Crippen LogP contribution in [0.1, 0.15) is 44.5 Å². The first-order chi connectivity index (χ1) is 31.3. The van der Waals surface area contributed by atoms with E-state index in [2.05, 4.69) is 0 Å². The number of rotatable bonds is 6. The third-order valence-electron chi connectivity index (χ3n) is 9.67. The van der Waals surface area contributed by atoms with E-state index in [4.69, 9.17) is 0 Å². The summed E-state index contributed by atoms with van der Waals surface area (Å²) in [6.07, 6.45) is -62.1. The fourth-order valence-electron chi connectivity index (χ4n) is 6.71. The van der Waals surface area contributed by atoms with Crippen LogP contribution in [0.25, 0.3) is 0 Å². The monoisotopic (exact) mass is 1100 g/mol. The van der Waals surface area contributed by atoms with Gasteiger partial charge in [0.25, 0.3) is 0 Å². The van der Waals surface area contributed by atoms with Crippen LogP contribution in [0, 0.1) is 0 Å². The first-order valence-corrected chi connectivity index (χ1v) is 20.3. The van der Waals surface area contributed by atoms with Crippen molar-refractivity contribution in [1.82, 2.24) is 0 Å². The van der Waals surface area contributed by atoms with Crippen molar-refractivity contribution in [1.29, 1.82) is 0 Å². The second-order valence-corrected chi connectivity index (χ2v) is 17.3. The first kappa shape index (κ1) is 60.2. The zero-order chi connectivity index (χ0) is 55.5. The van der Waals surface area contributed by atoms with Crippen molar-refractivity contribution >= 4 is 38.9 Å². The lowest BCUT2D eigenvalue weighted by Crippen LogP contribution is -2.75. The maximum atomic E-state index is 14.2. The van der Waals surface area contributed by atoms with Crippen molar-refractivity contribution in [2.75, 3.05) is 18.3 Å². The van der Waals surface area contributed by atoms with Crippen molar-refractivity contribution in [2.45, 2.75) is 61.8 Å². The molecule has 0 aromatic heterocycles. The summed E-state index contributed by atoms with van der Waals surface area (Å²) >= 11 is 0. The Morgan fingerprint density at radius 3 is 0.577 bits per heavy atom. The van der Waals surface area contributed by atoms with Crippen LogP contribution in [0.4, 0.5) is 132 Å². The smallest absolute Gasteiger partial charge is 0.194 e. The molecule has 4 rings (SSSR count). The second kappa shape index (κ2) is 19.4. The molecule has 0 aliphatic carbocycles. The normalized spacial score (nSPS) is 14.1. The van der Waals surface area contributed by atoms with Gasteiger partial charge >= 0.3 is 61.8 Å². The zero-order valence-electron chi connectivity index (χ0n) is 34.0. The van der Waals surface area contributed by atoms with Crippen LogP contribution in [-0.4, -0.2) is 36.8 Å². The Balaban J connectivity index is 0.000000824. The molecular weight excluding hydrogens is 1080 g/mol. The largest absolute Gasteiger partial charge is 0.421 e. The van der Waals surface area contributed by atoms with Gasteiger partial charge in [-0.25, -0.2) is 0 Å². The quantitative estimate of drug-likeness (QED) is 0.0781. The molecule has 396 valence electrons. The highest BCUT2D eigenvalue weighted by Gasteiger charge is 2.51. The lowest BCUT2D eigenvalue weighted by atomic mass is 9.12. The highest BCUT2D eigenvalue weighted by molar-refractivity contribution is 7.95. The van der Waals surface area contributed by atoms with Gasteiger partial charge in [-0.1, -0.05) is 48.5 Å². The number of alkyl halides is 30. The Bertz CT molecular complexity index is 2100. The standard InChI is InChI=1S/C32H12BF24.C7H9F6S/c34-25(35,36)13-1-14(26(37,38)39)6-21(5-13)33(22-7-15(27(40,41)42)2-16(8-22)28(43,44)45,23-9-17(29(46,47)48)3-18(10-23)30(49,50)51)24-11-19(31(52,53)54)4-20(12-24)32(55,56)57;1-14(2)4-3-5(6(8,9)10)7(11,12)13/h1-12H;3H,4H2,1-2H3/q-1;+1. The third-order valence-corrected chi connectivity index (χ3v) is 10.5. The molecule has 0 atom stereocenters. The van der Waals surface area contributed by atoms with Gasteiger partial charge < -0.3 is 0 Å². The van der Waals surface area contributed by atoms with Crippen molar-refractivity contribution < 1.29 is 132 Å². The zero-order valence-corrected chi connectivity index (χ0v) is 34.9. The Hall–Kier alpha value is -5.07. The molecule has 0 heterocycles. The minimum atomic E-state index is -6.13. The predicted octanol–water partition coefficient (Wildman–Crippen LogP) is 14.1. The average Bonchev–Trinajstić information content (AvgIpc) is 3.14. The molecule has 0 N–H and O–H groups in total. The van der Waals surface area contributed by atoms with Gasteiger partial charge in [0.2, 0.25) is 0 Å². The average molecular weight is 1100 g/mol. The van der Waals surface area contributed by atoms with Gasteiger partial charge in [0.15, 0.2) is 0 Å². The van der Waals surface area contributed by atoms with Crippen molar-refractivity contribution in [3.05, 3.63) is 129 Å². The lowest BCUT2D eigenvalue weighted by molar-refractivity contribution is -0.172. The highest BCUT2D eigenvalue weighted by Crippen LogP contribution is 2.42. The van der Waals surface area contributed by atoms with E-state index in [0.717, 1.165) is 0 Å². The SMILES string of the molecule is C[S+](C)CC=C(C(F)(F)F)C(F)(F)F.FC(F)(F)c1cc([B-](c2cc(C(F)(F)F)cc(C(F)(F)F)c2)(c2cc(C(F)(F)F)cc(C(F)(F)F)c2)c2cc(C(F)(F)F)cc(C(F)(F)F)c2)cc(C(F)(F)F)c1. The number of benzene rings is 4. The summed E-state index contributed by atoms with van der Waals surface area (Å²) in [7, 11) is -0.482. The van der Waals surface area contributed by atoms with E-state index in [1.165, 1.54) is 0 Å². The molecule has 0 saturated carbocycles. The summed E-state index contributed by atoms with van der Waals surface area (Å²) in [5.74, 6) is -0.214. The minimum absolute atomic E-state index is 0.211. The van der Waals surface area contributed by atoms with E-state index in [1.807, 2.05) is 0 Å². The molecule has 0 aliphatic rings. The molecule has 32 heteroatoms. The molecule has 71 heavy (non-hydrogen) atoms. The fraction of sp³-hybridized carbons (Fsp3) is 0.333. The molecule has 0 saturated heterocycles. The minimum Gasteiger partial charge on any atom is -0.194 e. The van der Waals surface area contributed by atoms with Gasteiger partial charge in [-0.3, -0.25) is 0 Å². The van der Waals surface area contributed by atoms with Gasteiger partial charge in [-0.15, -0.1) is 0 Å². The third kappa shape index (κ3) is 14.8. The number of hydrogen-bond donors (Lipinski definition) is 0. The molecule has 0 unspecified atom stereocenters.